The van der Waals surface area contributed by atoms with E-state index in [1.165, 1.54) is 77.5 Å². The van der Waals surface area contributed by atoms with E-state index in [0.717, 1.165) is 6.04 Å². The number of nitrogens with zero attached hydrogens (tertiary/aromatic N) is 1. The van der Waals surface area contributed by atoms with Gasteiger partial charge in [0.2, 0.25) is 0 Å². The smallest absolute Gasteiger partial charge is 0.00670 e. The van der Waals surface area contributed by atoms with E-state index in [1.54, 1.807) is 0 Å². The molecule has 106 valence electrons. The summed E-state index contributed by atoms with van der Waals surface area (Å²) in [6.45, 7) is 10.0. The fourth-order valence-corrected chi connectivity index (χ4v) is 3.44. The van der Waals surface area contributed by atoms with E-state index in [1.807, 2.05) is 0 Å². The van der Waals surface area contributed by atoms with Crippen LogP contribution in [0.2, 0.25) is 0 Å². The Kier molecular flexibility index (Phi) is 5.50. The van der Waals surface area contributed by atoms with Crippen LogP contribution in [0.15, 0.2) is 0 Å². The molecule has 1 aliphatic heterocycles. The van der Waals surface area contributed by atoms with Crippen LogP contribution in [0.4, 0.5) is 0 Å². The van der Waals surface area contributed by atoms with Crippen LogP contribution in [-0.2, 0) is 0 Å². The van der Waals surface area contributed by atoms with Crippen molar-refractivity contribution in [1.29, 1.82) is 0 Å². The van der Waals surface area contributed by atoms with Gasteiger partial charge in [0.15, 0.2) is 0 Å². The van der Waals surface area contributed by atoms with E-state index >= 15 is 0 Å². The van der Waals surface area contributed by atoms with Gasteiger partial charge in [-0.05, 0) is 70.1 Å². The maximum Gasteiger partial charge on any atom is 0.00670 e. The molecule has 0 atom stereocenters. The van der Waals surface area contributed by atoms with Gasteiger partial charge < -0.3 is 10.2 Å². The molecule has 0 aromatic rings. The average molecular weight is 252 g/mol. The molecule has 2 fully saturated rings. The van der Waals surface area contributed by atoms with Gasteiger partial charge in [0, 0.05) is 6.04 Å². The first-order chi connectivity index (χ1) is 8.66. The number of hydrogen-bond acceptors (Lipinski definition) is 2. The van der Waals surface area contributed by atoms with Gasteiger partial charge >= 0.3 is 0 Å². The highest BCUT2D eigenvalue weighted by Crippen LogP contribution is 2.29. The van der Waals surface area contributed by atoms with Crippen LogP contribution < -0.4 is 5.32 Å². The highest BCUT2D eigenvalue weighted by molar-refractivity contribution is 4.77. The highest BCUT2D eigenvalue weighted by atomic mass is 15.1. The van der Waals surface area contributed by atoms with Crippen LogP contribution in [0.25, 0.3) is 0 Å². The van der Waals surface area contributed by atoms with Gasteiger partial charge in [-0.25, -0.2) is 0 Å². The Balaban J connectivity index is 1.55. The summed E-state index contributed by atoms with van der Waals surface area (Å²) in [6.07, 6.45) is 11.2. The number of rotatable bonds is 5. The largest absolute Gasteiger partial charge is 0.314 e. The highest BCUT2D eigenvalue weighted by Gasteiger charge is 2.22. The SMILES string of the molecule is CC1(C)CCCN(CCCNC2CCCC2)CC1. The molecule has 18 heavy (non-hydrogen) atoms. The summed E-state index contributed by atoms with van der Waals surface area (Å²) in [7, 11) is 0. The maximum atomic E-state index is 3.73. The van der Waals surface area contributed by atoms with E-state index in [4.69, 9.17) is 0 Å². The number of nitrogens with one attached hydrogen (secondary N) is 1. The van der Waals surface area contributed by atoms with Crippen molar-refractivity contribution >= 4 is 0 Å². The monoisotopic (exact) mass is 252 g/mol. The second kappa shape index (κ2) is 6.91. The molecule has 0 spiro atoms. The molecule has 0 aromatic heterocycles. The molecule has 2 rings (SSSR count). The maximum absolute atomic E-state index is 3.73. The molecule has 0 radical (unpaired) electrons. The van der Waals surface area contributed by atoms with Crippen molar-refractivity contribution in [3.05, 3.63) is 0 Å². The Bertz CT molecular complexity index is 231. The summed E-state index contributed by atoms with van der Waals surface area (Å²) in [6, 6.07) is 0.841. The Labute approximate surface area is 114 Å². The van der Waals surface area contributed by atoms with Crippen molar-refractivity contribution < 1.29 is 0 Å². The van der Waals surface area contributed by atoms with Gasteiger partial charge in [0.25, 0.3) is 0 Å². The average Bonchev–Trinajstić information content (AvgIpc) is 2.77. The van der Waals surface area contributed by atoms with Crippen molar-refractivity contribution in [3.63, 3.8) is 0 Å². The Hall–Kier alpha value is -0.0800. The number of hydrogen-bond donors (Lipinski definition) is 1. The van der Waals surface area contributed by atoms with Crippen LogP contribution in [0.1, 0.15) is 65.2 Å². The topological polar surface area (TPSA) is 15.3 Å². The van der Waals surface area contributed by atoms with Crippen LogP contribution in [0, 0.1) is 5.41 Å². The molecular formula is C16H32N2. The molecule has 0 amide bonds. The third-order valence-corrected chi connectivity index (χ3v) is 4.87. The second-order valence-corrected chi connectivity index (χ2v) is 7.15. The Morgan fingerprint density at radius 2 is 1.83 bits per heavy atom. The molecule has 1 aliphatic carbocycles. The van der Waals surface area contributed by atoms with Crippen molar-refractivity contribution in [3.8, 4) is 0 Å². The van der Waals surface area contributed by atoms with Crippen molar-refractivity contribution in [2.24, 2.45) is 5.41 Å². The van der Waals surface area contributed by atoms with E-state index in [9.17, 15) is 0 Å². The van der Waals surface area contributed by atoms with Gasteiger partial charge in [-0.2, -0.15) is 0 Å². The summed E-state index contributed by atoms with van der Waals surface area (Å²) in [5.74, 6) is 0. The van der Waals surface area contributed by atoms with E-state index < -0.39 is 0 Å². The predicted octanol–water partition coefficient (Wildman–Crippen LogP) is 3.42. The first kappa shape index (κ1) is 14.3. The molecule has 2 aliphatic rings. The zero-order valence-corrected chi connectivity index (χ0v) is 12.5. The first-order valence-corrected chi connectivity index (χ1v) is 8.11. The van der Waals surface area contributed by atoms with Crippen molar-refractivity contribution in [1.82, 2.24) is 10.2 Å². The molecule has 1 saturated carbocycles. The molecule has 0 aromatic carbocycles. The van der Waals surface area contributed by atoms with Crippen molar-refractivity contribution in [2.45, 2.75) is 71.3 Å². The fraction of sp³-hybridized carbons (Fsp3) is 1.00. The molecule has 2 heteroatoms. The third kappa shape index (κ3) is 4.89. The van der Waals surface area contributed by atoms with Gasteiger partial charge in [0.05, 0.1) is 0 Å². The Morgan fingerprint density at radius 1 is 1.06 bits per heavy atom. The van der Waals surface area contributed by atoms with Gasteiger partial charge in [-0.3, -0.25) is 0 Å². The van der Waals surface area contributed by atoms with Gasteiger partial charge in [-0.1, -0.05) is 26.7 Å². The predicted molar refractivity (Wildman–Crippen MR) is 78.9 cm³/mol. The summed E-state index contributed by atoms with van der Waals surface area (Å²) in [5, 5.41) is 3.73. The third-order valence-electron chi connectivity index (χ3n) is 4.87. The molecule has 1 N–H and O–H groups in total. The minimum Gasteiger partial charge on any atom is -0.314 e. The lowest BCUT2D eigenvalue weighted by atomic mass is 9.85. The fourth-order valence-electron chi connectivity index (χ4n) is 3.44. The van der Waals surface area contributed by atoms with Crippen molar-refractivity contribution in [2.75, 3.05) is 26.2 Å². The summed E-state index contributed by atoms with van der Waals surface area (Å²) in [5.41, 5.74) is 0.580. The lowest BCUT2D eigenvalue weighted by Gasteiger charge is -2.23. The Morgan fingerprint density at radius 3 is 2.61 bits per heavy atom. The van der Waals surface area contributed by atoms with Crippen LogP contribution in [0.3, 0.4) is 0 Å². The lowest BCUT2D eigenvalue weighted by Crippen LogP contribution is -2.32. The minimum absolute atomic E-state index is 0.580. The lowest BCUT2D eigenvalue weighted by molar-refractivity contribution is 0.258. The number of likely N-dealkylation sites (tertiary alicyclic amines) is 1. The van der Waals surface area contributed by atoms with Crippen LogP contribution >= 0.6 is 0 Å². The van der Waals surface area contributed by atoms with Crippen LogP contribution in [0.5, 0.6) is 0 Å². The van der Waals surface area contributed by atoms with E-state index in [-0.39, 0.29) is 0 Å². The second-order valence-electron chi connectivity index (χ2n) is 7.15. The quantitative estimate of drug-likeness (QED) is 0.754. The summed E-state index contributed by atoms with van der Waals surface area (Å²) < 4.78 is 0. The standard InChI is InChI=1S/C16H32N2/c1-16(2)9-5-12-18(14-10-16)13-6-11-17-15-7-3-4-8-15/h15,17H,3-14H2,1-2H3. The molecule has 1 heterocycles. The minimum atomic E-state index is 0.580. The van der Waals surface area contributed by atoms with E-state index in [2.05, 4.69) is 24.1 Å². The first-order valence-electron chi connectivity index (χ1n) is 8.11. The van der Waals surface area contributed by atoms with Gasteiger partial charge in [0.1, 0.15) is 0 Å². The zero-order valence-electron chi connectivity index (χ0n) is 12.5. The zero-order chi connectivity index (χ0) is 12.8. The molecular weight excluding hydrogens is 220 g/mol. The van der Waals surface area contributed by atoms with E-state index in [0.29, 0.717) is 5.41 Å². The summed E-state index contributed by atoms with van der Waals surface area (Å²) in [4.78, 5) is 2.69. The van der Waals surface area contributed by atoms with Gasteiger partial charge in [-0.15, -0.1) is 0 Å². The summed E-state index contributed by atoms with van der Waals surface area (Å²) >= 11 is 0. The molecule has 2 nitrogen and oxygen atoms in total. The molecule has 0 bridgehead atoms. The molecule has 1 saturated heterocycles. The normalized spacial score (nSPS) is 26.3. The molecule has 0 unspecified atom stereocenters. The van der Waals surface area contributed by atoms with Crippen LogP contribution in [-0.4, -0.2) is 37.1 Å².